The van der Waals surface area contributed by atoms with Crippen LogP contribution in [0.2, 0.25) is 0 Å². The first-order valence-corrected chi connectivity index (χ1v) is 6.32. The van der Waals surface area contributed by atoms with E-state index in [2.05, 4.69) is 15.3 Å². The monoisotopic (exact) mass is 255 g/mol. The molecule has 0 saturated heterocycles. The molecule has 7 heteroatoms. The highest BCUT2D eigenvalue weighted by atomic mass is 32.1. The summed E-state index contributed by atoms with van der Waals surface area (Å²) < 4.78 is 0. The second kappa shape index (κ2) is 5.04. The van der Waals surface area contributed by atoms with Crippen molar-refractivity contribution < 1.29 is 9.90 Å². The lowest BCUT2D eigenvalue weighted by Gasteiger charge is -1.98. The molecule has 2 aromatic rings. The number of anilines is 1. The zero-order valence-corrected chi connectivity index (χ0v) is 9.85. The Morgan fingerprint density at radius 3 is 3.00 bits per heavy atom. The topological polar surface area (TPSA) is 75.1 Å². The van der Waals surface area contributed by atoms with E-state index < -0.39 is 5.97 Å². The normalized spacial score (nSPS) is 10.2. The van der Waals surface area contributed by atoms with Gasteiger partial charge in [-0.1, -0.05) is 0 Å². The number of hydrogen-bond acceptors (Lipinski definition) is 6. The van der Waals surface area contributed by atoms with Crippen LogP contribution in [0.15, 0.2) is 17.0 Å². The number of carboxylic acids is 1. The van der Waals surface area contributed by atoms with Crippen LogP contribution in [-0.2, 0) is 6.42 Å². The van der Waals surface area contributed by atoms with Crippen molar-refractivity contribution in [2.45, 2.75) is 6.42 Å². The van der Waals surface area contributed by atoms with Crippen molar-refractivity contribution >= 4 is 33.8 Å². The Labute approximate surface area is 99.8 Å². The Bertz CT molecular complexity index is 467. The molecular formula is C9H9N3O2S2. The van der Waals surface area contributed by atoms with Gasteiger partial charge in [0.1, 0.15) is 0 Å². The summed E-state index contributed by atoms with van der Waals surface area (Å²) in [6.07, 6.45) is 2.44. The summed E-state index contributed by atoms with van der Waals surface area (Å²) in [6, 6.07) is 0. The Morgan fingerprint density at radius 2 is 2.38 bits per heavy atom. The van der Waals surface area contributed by atoms with Crippen molar-refractivity contribution in [2.75, 3.05) is 11.9 Å². The molecule has 84 valence electrons. The minimum absolute atomic E-state index is 0.120. The minimum Gasteiger partial charge on any atom is -0.476 e. The highest BCUT2D eigenvalue weighted by Crippen LogP contribution is 2.12. The van der Waals surface area contributed by atoms with Gasteiger partial charge in [-0.3, -0.25) is 0 Å². The second-order valence-corrected chi connectivity index (χ2v) is 4.78. The number of aromatic carboxylic acids is 1. The van der Waals surface area contributed by atoms with Gasteiger partial charge >= 0.3 is 5.97 Å². The maximum atomic E-state index is 10.6. The molecular weight excluding hydrogens is 246 g/mol. The molecule has 0 spiro atoms. The first kappa shape index (κ1) is 11.0. The average Bonchev–Trinajstić information content (AvgIpc) is 2.87. The number of thiazole rings is 2. The molecule has 2 N–H and O–H groups in total. The molecule has 2 aromatic heterocycles. The molecule has 0 saturated carbocycles. The van der Waals surface area contributed by atoms with E-state index in [0.29, 0.717) is 13.0 Å². The van der Waals surface area contributed by atoms with Crippen LogP contribution < -0.4 is 5.32 Å². The van der Waals surface area contributed by atoms with Crippen LogP contribution in [0.1, 0.15) is 15.5 Å². The molecule has 16 heavy (non-hydrogen) atoms. The van der Waals surface area contributed by atoms with Gasteiger partial charge in [-0.25, -0.2) is 14.8 Å². The summed E-state index contributed by atoms with van der Waals surface area (Å²) in [6.45, 7) is 0.708. The fraction of sp³-hybridized carbons (Fsp3) is 0.222. The lowest BCUT2D eigenvalue weighted by molar-refractivity contribution is 0.0691. The van der Waals surface area contributed by atoms with Gasteiger partial charge in [0.05, 0.1) is 5.01 Å². The van der Waals surface area contributed by atoms with E-state index in [0.717, 1.165) is 10.1 Å². The van der Waals surface area contributed by atoms with E-state index in [4.69, 9.17) is 5.11 Å². The van der Waals surface area contributed by atoms with Crippen LogP contribution in [0.3, 0.4) is 0 Å². The van der Waals surface area contributed by atoms with Gasteiger partial charge in [0, 0.05) is 29.9 Å². The molecule has 0 aliphatic rings. The van der Waals surface area contributed by atoms with E-state index >= 15 is 0 Å². The Morgan fingerprint density at radius 1 is 1.50 bits per heavy atom. The third-order valence-electron chi connectivity index (χ3n) is 1.82. The van der Waals surface area contributed by atoms with Gasteiger partial charge < -0.3 is 10.4 Å². The van der Waals surface area contributed by atoms with Crippen molar-refractivity contribution in [3.8, 4) is 0 Å². The van der Waals surface area contributed by atoms with Gasteiger partial charge in [-0.15, -0.1) is 22.7 Å². The predicted octanol–water partition coefficient (Wildman–Crippen LogP) is 1.95. The summed E-state index contributed by atoms with van der Waals surface area (Å²) in [7, 11) is 0. The number of nitrogens with one attached hydrogen (secondary N) is 1. The molecule has 0 fully saturated rings. The largest absolute Gasteiger partial charge is 0.476 e. The molecule has 0 aromatic carbocycles. The molecule has 0 bridgehead atoms. The van der Waals surface area contributed by atoms with E-state index in [9.17, 15) is 4.79 Å². The molecule has 0 aliphatic heterocycles. The number of hydrogen-bond donors (Lipinski definition) is 2. The molecule has 2 rings (SSSR count). The maximum Gasteiger partial charge on any atom is 0.355 e. The third-order valence-corrected chi connectivity index (χ3v) is 3.46. The van der Waals surface area contributed by atoms with Crippen molar-refractivity contribution in [2.24, 2.45) is 0 Å². The molecule has 0 amide bonds. The molecule has 0 unspecified atom stereocenters. The summed E-state index contributed by atoms with van der Waals surface area (Å²) in [5.74, 6) is -0.976. The molecule has 0 radical (unpaired) electrons. The standard InChI is InChI=1S/C9H9N3O2S2/c13-8(14)6-5-16-7(12-6)1-2-10-9-11-3-4-15-9/h3-5H,1-2H2,(H,10,11)(H,13,14). The fourth-order valence-electron chi connectivity index (χ4n) is 1.11. The Hall–Kier alpha value is -1.47. The summed E-state index contributed by atoms with van der Waals surface area (Å²) in [5, 5.41) is 17.0. The van der Waals surface area contributed by atoms with Crippen molar-refractivity contribution in [1.82, 2.24) is 9.97 Å². The number of rotatable bonds is 5. The zero-order valence-electron chi connectivity index (χ0n) is 8.21. The summed E-state index contributed by atoms with van der Waals surface area (Å²) >= 11 is 2.90. The number of carbonyl (C=O) groups is 1. The number of nitrogens with zero attached hydrogens (tertiary/aromatic N) is 2. The second-order valence-electron chi connectivity index (χ2n) is 2.95. The SMILES string of the molecule is O=C(O)c1csc(CCNc2nccs2)n1. The molecule has 5 nitrogen and oxygen atoms in total. The number of carboxylic acid groups (broad SMARTS) is 1. The van der Waals surface area contributed by atoms with Crippen LogP contribution in [0, 0.1) is 0 Å². The van der Waals surface area contributed by atoms with E-state index in [1.165, 1.54) is 22.7 Å². The van der Waals surface area contributed by atoms with Crippen LogP contribution in [0.4, 0.5) is 5.13 Å². The van der Waals surface area contributed by atoms with Crippen LogP contribution in [-0.4, -0.2) is 27.6 Å². The lowest BCUT2D eigenvalue weighted by atomic mass is 10.4. The summed E-state index contributed by atoms with van der Waals surface area (Å²) in [4.78, 5) is 18.7. The first-order chi connectivity index (χ1) is 7.75. The van der Waals surface area contributed by atoms with Crippen molar-refractivity contribution in [3.05, 3.63) is 27.7 Å². The maximum absolute atomic E-state index is 10.6. The van der Waals surface area contributed by atoms with Gasteiger partial charge in [0.2, 0.25) is 0 Å². The van der Waals surface area contributed by atoms with Crippen molar-refractivity contribution in [1.29, 1.82) is 0 Å². The quantitative estimate of drug-likeness (QED) is 0.854. The van der Waals surface area contributed by atoms with Crippen LogP contribution in [0.5, 0.6) is 0 Å². The van der Waals surface area contributed by atoms with Crippen LogP contribution in [0.25, 0.3) is 0 Å². The fourth-order valence-corrected chi connectivity index (χ4v) is 2.44. The smallest absolute Gasteiger partial charge is 0.355 e. The van der Waals surface area contributed by atoms with Gasteiger partial charge in [-0.05, 0) is 0 Å². The Balaban J connectivity index is 1.83. The predicted molar refractivity (Wildman–Crippen MR) is 63.4 cm³/mol. The molecule has 0 atom stereocenters. The van der Waals surface area contributed by atoms with E-state index in [1.807, 2.05) is 5.38 Å². The van der Waals surface area contributed by atoms with Crippen LogP contribution >= 0.6 is 22.7 Å². The Kier molecular flexibility index (Phi) is 3.47. The van der Waals surface area contributed by atoms with Gasteiger partial charge in [-0.2, -0.15) is 0 Å². The highest BCUT2D eigenvalue weighted by Gasteiger charge is 2.08. The minimum atomic E-state index is -0.976. The lowest BCUT2D eigenvalue weighted by Crippen LogP contribution is -2.04. The van der Waals surface area contributed by atoms with Crippen molar-refractivity contribution in [3.63, 3.8) is 0 Å². The average molecular weight is 255 g/mol. The molecule has 2 heterocycles. The molecule has 0 aliphatic carbocycles. The summed E-state index contributed by atoms with van der Waals surface area (Å²) in [5.41, 5.74) is 0.120. The van der Waals surface area contributed by atoms with Gasteiger partial charge in [0.15, 0.2) is 10.8 Å². The first-order valence-electron chi connectivity index (χ1n) is 4.57. The zero-order chi connectivity index (χ0) is 11.4. The highest BCUT2D eigenvalue weighted by molar-refractivity contribution is 7.13. The third kappa shape index (κ3) is 2.77. The van der Waals surface area contributed by atoms with E-state index in [1.54, 1.807) is 11.6 Å². The van der Waals surface area contributed by atoms with E-state index in [-0.39, 0.29) is 5.69 Å². The van der Waals surface area contributed by atoms with Gasteiger partial charge in [0.25, 0.3) is 0 Å². The number of aromatic nitrogens is 2.